The van der Waals surface area contributed by atoms with Crippen molar-refractivity contribution in [3.05, 3.63) is 0 Å². The van der Waals surface area contributed by atoms with Gasteiger partial charge in [0.1, 0.15) is 5.79 Å². The second kappa shape index (κ2) is 6.89. The minimum atomic E-state index is -0.370. The normalized spacial score (nSPS) is 27.6. The van der Waals surface area contributed by atoms with Gasteiger partial charge in [0.25, 0.3) is 0 Å². The molecular formula is C11H27N7. The molecule has 2 unspecified atom stereocenters. The van der Waals surface area contributed by atoms with Gasteiger partial charge in [-0.15, -0.1) is 0 Å². The van der Waals surface area contributed by atoms with Gasteiger partial charge in [0.15, 0.2) is 12.2 Å². The summed E-state index contributed by atoms with van der Waals surface area (Å²) in [6.07, 6.45) is 0.583. The fourth-order valence-electron chi connectivity index (χ4n) is 2.12. The van der Waals surface area contributed by atoms with Crippen molar-refractivity contribution in [1.82, 2.24) is 26.3 Å². The highest BCUT2D eigenvalue weighted by atomic mass is 15.5. The lowest BCUT2D eigenvalue weighted by Gasteiger charge is -2.44. The first-order chi connectivity index (χ1) is 8.64. The molecule has 0 aromatic rings. The Morgan fingerprint density at radius 2 is 2.00 bits per heavy atom. The van der Waals surface area contributed by atoms with E-state index in [1.54, 1.807) is 0 Å². The van der Waals surface area contributed by atoms with Gasteiger partial charge < -0.3 is 10.2 Å². The number of hydrazine groups is 1. The average Bonchev–Trinajstić information content (AvgIpc) is 2.40. The van der Waals surface area contributed by atoms with E-state index in [1.165, 1.54) is 0 Å². The number of aliphatic imine (C=N–C) groups is 1. The van der Waals surface area contributed by atoms with Crippen molar-refractivity contribution in [2.75, 3.05) is 19.6 Å². The van der Waals surface area contributed by atoms with Gasteiger partial charge in [-0.3, -0.25) is 11.2 Å². The zero-order valence-corrected chi connectivity index (χ0v) is 11.9. The maximum Gasteiger partial charge on any atom is 0.199 e. The van der Waals surface area contributed by atoms with Crippen LogP contribution in [0.25, 0.3) is 0 Å². The van der Waals surface area contributed by atoms with Crippen LogP contribution in [-0.2, 0) is 0 Å². The van der Waals surface area contributed by atoms with E-state index in [9.17, 15) is 0 Å². The second-order valence-electron chi connectivity index (χ2n) is 4.25. The van der Waals surface area contributed by atoms with Crippen LogP contribution in [-0.4, -0.2) is 42.6 Å². The maximum atomic E-state index is 5.53. The molecular weight excluding hydrogens is 230 g/mol. The van der Waals surface area contributed by atoms with E-state index in [2.05, 4.69) is 59.0 Å². The lowest BCUT2D eigenvalue weighted by molar-refractivity contribution is 0.162. The van der Waals surface area contributed by atoms with Crippen LogP contribution in [0.4, 0.5) is 0 Å². The number of guanidine groups is 1. The van der Waals surface area contributed by atoms with E-state index in [-0.39, 0.29) is 12.1 Å². The Hall–Kier alpha value is -0.890. The zero-order valence-electron chi connectivity index (χ0n) is 11.9. The number of nitrogens with one attached hydrogen (secondary N) is 4. The zero-order chi connectivity index (χ0) is 13.6. The first-order valence-corrected chi connectivity index (χ1v) is 6.74. The Bertz CT molecular complexity index is 277. The van der Waals surface area contributed by atoms with Crippen LogP contribution in [0.1, 0.15) is 34.1 Å². The topological polar surface area (TPSA) is 89.7 Å². The van der Waals surface area contributed by atoms with Crippen molar-refractivity contribution in [1.29, 1.82) is 0 Å². The first-order valence-electron chi connectivity index (χ1n) is 6.74. The van der Waals surface area contributed by atoms with Crippen molar-refractivity contribution in [2.45, 2.75) is 46.2 Å². The lowest BCUT2D eigenvalue weighted by atomic mass is 10.2. The van der Waals surface area contributed by atoms with Crippen LogP contribution in [0.15, 0.2) is 4.99 Å². The number of hydrogen-bond acceptors (Lipinski definition) is 7. The van der Waals surface area contributed by atoms with Gasteiger partial charge in [-0.25, -0.2) is 15.7 Å². The Balaban J connectivity index is 2.93. The van der Waals surface area contributed by atoms with Gasteiger partial charge in [0.2, 0.25) is 0 Å². The van der Waals surface area contributed by atoms with Gasteiger partial charge in [-0.1, -0.05) is 13.8 Å². The maximum absolute atomic E-state index is 5.53. The Kier molecular flexibility index (Phi) is 5.80. The summed E-state index contributed by atoms with van der Waals surface area (Å²) in [7, 11) is 0. The van der Waals surface area contributed by atoms with Crippen LogP contribution in [0, 0.1) is 0 Å². The van der Waals surface area contributed by atoms with Crippen molar-refractivity contribution < 1.29 is 0 Å². The van der Waals surface area contributed by atoms with E-state index in [0.29, 0.717) is 0 Å². The molecule has 7 nitrogen and oxygen atoms in total. The highest BCUT2D eigenvalue weighted by Crippen LogP contribution is 2.09. The number of rotatable bonds is 6. The first kappa shape index (κ1) is 15.2. The van der Waals surface area contributed by atoms with Crippen LogP contribution in [0.5, 0.6) is 0 Å². The van der Waals surface area contributed by atoms with Gasteiger partial charge in [-0.05, 0) is 26.8 Å². The molecule has 6 N–H and O–H groups in total. The monoisotopic (exact) mass is 257 g/mol. The van der Waals surface area contributed by atoms with E-state index in [1.807, 2.05) is 0 Å². The number of nitrogens with two attached hydrogens (primary N) is 1. The fourth-order valence-corrected chi connectivity index (χ4v) is 2.12. The summed E-state index contributed by atoms with van der Waals surface area (Å²) < 4.78 is 0. The van der Waals surface area contributed by atoms with E-state index >= 15 is 0 Å². The molecule has 0 aliphatic carbocycles. The summed E-state index contributed by atoms with van der Waals surface area (Å²) in [4.78, 5) is 6.69. The molecule has 0 aromatic carbocycles. The van der Waals surface area contributed by atoms with Crippen LogP contribution in [0.3, 0.4) is 0 Å². The molecule has 0 radical (unpaired) electrons. The molecule has 2 atom stereocenters. The highest BCUT2D eigenvalue weighted by molar-refractivity contribution is 5.81. The molecule has 1 aliphatic rings. The third kappa shape index (κ3) is 3.32. The molecule has 0 aromatic heterocycles. The Morgan fingerprint density at radius 1 is 1.33 bits per heavy atom. The summed E-state index contributed by atoms with van der Waals surface area (Å²) >= 11 is 0. The summed E-state index contributed by atoms with van der Waals surface area (Å²) in [5, 5.41) is 10.2. The minimum absolute atomic E-state index is 0.291. The molecule has 106 valence electrons. The van der Waals surface area contributed by atoms with Crippen LogP contribution < -0.4 is 27.2 Å². The largest absolute Gasteiger partial charge is 0.343 e. The van der Waals surface area contributed by atoms with Crippen LogP contribution in [0.2, 0.25) is 0 Å². The predicted octanol–water partition coefficient (Wildman–Crippen LogP) is -0.703. The standard InChI is InChI=1S/C11H27N7/c1-5-11(13-6-2)15-9(17-12)14-10(16-11)18(7-3)8-4/h9,13,15,17H,5-8,12H2,1-4H3,(H,14,16). The smallest absolute Gasteiger partial charge is 0.199 e. The van der Waals surface area contributed by atoms with Crippen LogP contribution >= 0.6 is 0 Å². The Morgan fingerprint density at radius 3 is 2.44 bits per heavy atom. The Labute approximate surface area is 110 Å². The second-order valence-corrected chi connectivity index (χ2v) is 4.25. The third-order valence-electron chi connectivity index (χ3n) is 3.19. The molecule has 0 saturated carbocycles. The van der Waals surface area contributed by atoms with Gasteiger partial charge in [-0.2, -0.15) is 0 Å². The summed E-state index contributed by atoms with van der Waals surface area (Å²) in [5.74, 6) is 6.02. The average molecular weight is 257 g/mol. The molecule has 1 rings (SSSR count). The summed E-state index contributed by atoms with van der Waals surface area (Å²) in [6.45, 7) is 11.1. The highest BCUT2D eigenvalue weighted by Gasteiger charge is 2.35. The van der Waals surface area contributed by atoms with Crippen molar-refractivity contribution in [2.24, 2.45) is 10.8 Å². The molecule has 1 heterocycles. The SMILES string of the molecule is CCNC1(CC)NC(N(CC)CC)=NC(NN)N1. The van der Waals surface area contributed by atoms with E-state index in [4.69, 9.17) is 5.84 Å². The molecule has 0 bridgehead atoms. The fraction of sp³-hybridized carbons (Fsp3) is 0.909. The van der Waals surface area contributed by atoms with Crippen molar-refractivity contribution in [3.63, 3.8) is 0 Å². The van der Waals surface area contributed by atoms with Gasteiger partial charge in [0, 0.05) is 13.1 Å². The van der Waals surface area contributed by atoms with Gasteiger partial charge >= 0.3 is 0 Å². The van der Waals surface area contributed by atoms with E-state index in [0.717, 1.165) is 32.0 Å². The summed E-state index contributed by atoms with van der Waals surface area (Å²) in [5.41, 5.74) is 2.68. The number of hydrogen-bond donors (Lipinski definition) is 5. The van der Waals surface area contributed by atoms with Gasteiger partial charge in [0.05, 0.1) is 0 Å². The molecule has 18 heavy (non-hydrogen) atoms. The summed E-state index contributed by atoms with van der Waals surface area (Å²) in [6, 6.07) is 0. The molecule has 7 heteroatoms. The molecule has 1 aliphatic heterocycles. The minimum Gasteiger partial charge on any atom is -0.343 e. The predicted molar refractivity (Wildman–Crippen MR) is 74.4 cm³/mol. The van der Waals surface area contributed by atoms with E-state index < -0.39 is 0 Å². The molecule has 0 spiro atoms. The molecule has 0 amide bonds. The lowest BCUT2D eigenvalue weighted by Crippen LogP contribution is -2.75. The number of nitrogens with zero attached hydrogens (tertiary/aromatic N) is 2. The molecule has 0 fully saturated rings. The quantitative estimate of drug-likeness (QED) is 0.319. The van der Waals surface area contributed by atoms with Crippen molar-refractivity contribution in [3.8, 4) is 0 Å². The van der Waals surface area contributed by atoms with Crippen molar-refractivity contribution >= 4 is 5.96 Å². The molecule has 0 saturated heterocycles. The third-order valence-corrected chi connectivity index (χ3v) is 3.19.